The second kappa shape index (κ2) is 8.36. The lowest BCUT2D eigenvalue weighted by Gasteiger charge is -2.26. The molecule has 2 N–H and O–H groups in total. The van der Waals surface area contributed by atoms with Crippen LogP contribution in [-0.4, -0.2) is 46.1 Å². The summed E-state index contributed by atoms with van der Waals surface area (Å²) in [5.74, 6) is -0.186. The number of nitrogens with one attached hydrogen (secondary N) is 1. The van der Waals surface area contributed by atoms with Crippen LogP contribution in [0.4, 0.5) is 27.5 Å². The first-order valence-electron chi connectivity index (χ1n) is 11.4. The number of rotatable bonds is 5. The Labute approximate surface area is 198 Å². The number of para-hydroxylation sites is 1. The Bertz CT molecular complexity index is 1280. The molecule has 0 unspecified atom stereocenters. The van der Waals surface area contributed by atoms with Gasteiger partial charge in [0.25, 0.3) is 0 Å². The fraction of sp³-hybridized carbons (Fsp3) is 0.346. The predicted octanol–water partition coefficient (Wildman–Crippen LogP) is 4.54. The number of anilines is 4. The van der Waals surface area contributed by atoms with Crippen molar-refractivity contribution in [2.75, 3.05) is 30.4 Å². The molecule has 0 bridgehead atoms. The molecule has 3 heterocycles. The third-order valence-corrected chi connectivity index (χ3v) is 6.83. The lowest BCUT2D eigenvalue weighted by Crippen LogP contribution is -2.31. The summed E-state index contributed by atoms with van der Waals surface area (Å²) in [5, 5.41) is 12.6. The number of carbonyl (C=O) groups is 1. The van der Waals surface area contributed by atoms with Crippen molar-refractivity contribution in [2.24, 2.45) is 0 Å². The van der Waals surface area contributed by atoms with Gasteiger partial charge in [-0.3, -0.25) is 4.79 Å². The molecule has 176 valence electrons. The fourth-order valence-corrected chi connectivity index (χ4v) is 5.12. The number of likely N-dealkylation sites (N-methyl/N-ethyl adjacent to an activating group) is 1. The summed E-state index contributed by atoms with van der Waals surface area (Å²) >= 11 is 0. The summed E-state index contributed by atoms with van der Waals surface area (Å²) in [6.45, 7) is 6.06. The van der Waals surface area contributed by atoms with Crippen LogP contribution in [0, 0.1) is 12.7 Å². The van der Waals surface area contributed by atoms with Crippen LogP contribution in [0.15, 0.2) is 42.6 Å². The van der Waals surface area contributed by atoms with Gasteiger partial charge >= 0.3 is 5.97 Å². The molecule has 2 aliphatic rings. The molecule has 0 saturated heterocycles. The minimum absolute atomic E-state index is 0.0184. The van der Waals surface area contributed by atoms with Crippen LogP contribution >= 0.6 is 0 Å². The summed E-state index contributed by atoms with van der Waals surface area (Å²) in [7, 11) is 2.06. The summed E-state index contributed by atoms with van der Waals surface area (Å²) < 4.78 is 14.9. The van der Waals surface area contributed by atoms with Crippen molar-refractivity contribution in [1.82, 2.24) is 14.9 Å². The largest absolute Gasteiger partial charge is 0.481 e. The van der Waals surface area contributed by atoms with E-state index in [4.69, 9.17) is 4.98 Å². The Balaban J connectivity index is 1.49. The maximum atomic E-state index is 14.9. The van der Waals surface area contributed by atoms with Gasteiger partial charge in [-0.1, -0.05) is 25.1 Å². The number of nitrogens with zero attached hydrogens (tertiary/aromatic N) is 4. The van der Waals surface area contributed by atoms with Crippen molar-refractivity contribution in [3.8, 4) is 0 Å². The Morgan fingerprint density at radius 3 is 2.85 bits per heavy atom. The Morgan fingerprint density at radius 2 is 2.06 bits per heavy atom. The zero-order valence-electron chi connectivity index (χ0n) is 19.6. The van der Waals surface area contributed by atoms with E-state index in [2.05, 4.69) is 22.2 Å². The summed E-state index contributed by atoms with van der Waals surface area (Å²) in [6, 6.07) is 11.3. The second-order valence-electron chi connectivity index (χ2n) is 9.65. The van der Waals surface area contributed by atoms with Crippen LogP contribution in [0.1, 0.15) is 35.6 Å². The third kappa shape index (κ3) is 3.98. The van der Waals surface area contributed by atoms with E-state index in [1.807, 2.05) is 49.1 Å². The quantitative estimate of drug-likeness (QED) is 0.577. The van der Waals surface area contributed by atoms with Crippen LogP contribution in [-0.2, 0) is 23.2 Å². The first-order valence-corrected chi connectivity index (χ1v) is 11.4. The van der Waals surface area contributed by atoms with Gasteiger partial charge in [0.05, 0.1) is 12.1 Å². The number of hydrogen-bond acceptors (Lipinski definition) is 6. The van der Waals surface area contributed by atoms with E-state index < -0.39 is 11.4 Å². The number of hydrogen-bond donors (Lipinski definition) is 2. The van der Waals surface area contributed by atoms with Gasteiger partial charge in [-0.15, -0.1) is 0 Å². The molecule has 3 aromatic rings. The van der Waals surface area contributed by atoms with Gasteiger partial charge in [0.1, 0.15) is 11.6 Å². The van der Waals surface area contributed by atoms with Crippen LogP contribution in [0.5, 0.6) is 0 Å². The third-order valence-electron chi connectivity index (χ3n) is 6.83. The van der Waals surface area contributed by atoms with Crippen molar-refractivity contribution in [3.05, 3.63) is 70.7 Å². The van der Waals surface area contributed by atoms with Gasteiger partial charge in [0.2, 0.25) is 5.95 Å². The SMILES string of the molecule is Cc1cnc(Nc2cc3c(cc2F)CCN(C)C3)nc1N1C[C@](C)(CC(=O)O)c2ccccc21. The molecule has 0 amide bonds. The molecular weight excluding hydrogens is 433 g/mol. The highest BCUT2D eigenvalue weighted by Crippen LogP contribution is 2.46. The number of benzene rings is 2. The first kappa shape index (κ1) is 22.3. The van der Waals surface area contributed by atoms with Crippen molar-refractivity contribution >= 4 is 29.1 Å². The summed E-state index contributed by atoms with van der Waals surface area (Å²) in [5.41, 5.74) is 4.70. The van der Waals surface area contributed by atoms with Gasteiger partial charge in [0.15, 0.2) is 0 Å². The van der Waals surface area contributed by atoms with Gasteiger partial charge < -0.3 is 20.2 Å². The molecule has 0 saturated carbocycles. The molecule has 0 radical (unpaired) electrons. The highest BCUT2D eigenvalue weighted by atomic mass is 19.1. The molecule has 34 heavy (non-hydrogen) atoms. The molecule has 0 fully saturated rings. The van der Waals surface area contributed by atoms with Crippen LogP contribution in [0.25, 0.3) is 0 Å². The normalized spacial score (nSPS) is 19.6. The minimum Gasteiger partial charge on any atom is -0.481 e. The number of aliphatic carboxylic acids is 1. The van der Waals surface area contributed by atoms with Crippen LogP contribution < -0.4 is 10.2 Å². The van der Waals surface area contributed by atoms with Gasteiger partial charge in [-0.25, -0.2) is 9.37 Å². The Morgan fingerprint density at radius 1 is 1.26 bits per heavy atom. The average molecular weight is 462 g/mol. The first-order chi connectivity index (χ1) is 16.2. The molecule has 7 nitrogen and oxygen atoms in total. The van der Waals surface area contributed by atoms with Crippen molar-refractivity contribution in [1.29, 1.82) is 0 Å². The number of aryl methyl sites for hydroxylation is 1. The topological polar surface area (TPSA) is 81.6 Å². The van der Waals surface area contributed by atoms with Gasteiger partial charge in [-0.2, -0.15) is 4.98 Å². The van der Waals surface area contributed by atoms with E-state index in [1.54, 1.807) is 12.3 Å². The molecule has 1 aromatic heterocycles. The molecule has 1 atom stereocenters. The van der Waals surface area contributed by atoms with E-state index in [0.29, 0.717) is 24.0 Å². The molecule has 8 heteroatoms. The molecule has 5 rings (SSSR count). The maximum absolute atomic E-state index is 14.9. The standard InChI is InChI=1S/C26H28FN5O2/c1-16-13-28-25(29-21-11-18-14-31(3)9-8-17(18)10-20(21)27)30-24(16)32-15-26(2,12-23(33)34)19-6-4-5-7-22(19)32/h4-7,10-11,13H,8-9,12,14-15H2,1-3H3,(H,33,34)(H,28,29,30)/t26-/m0/s1. The monoisotopic (exact) mass is 461 g/mol. The molecule has 0 spiro atoms. The number of aromatic nitrogens is 2. The van der Waals surface area contributed by atoms with E-state index in [-0.39, 0.29) is 12.2 Å². The van der Waals surface area contributed by atoms with Crippen LogP contribution in [0.2, 0.25) is 0 Å². The number of halogens is 1. The van der Waals surface area contributed by atoms with Crippen molar-refractivity contribution < 1.29 is 14.3 Å². The Kier molecular flexibility index (Phi) is 5.48. The highest BCUT2D eigenvalue weighted by Gasteiger charge is 2.41. The molecule has 2 aliphatic heterocycles. The maximum Gasteiger partial charge on any atom is 0.304 e. The Hall–Kier alpha value is -3.52. The van der Waals surface area contributed by atoms with Gasteiger partial charge in [0, 0.05) is 42.5 Å². The van der Waals surface area contributed by atoms with Gasteiger partial charge in [-0.05, 0) is 55.3 Å². The van der Waals surface area contributed by atoms with E-state index in [9.17, 15) is 14.3 Å². The highest BCUT2D eigenvalue weighted by molar-refractivity contribution is 5.77. The molecule has 2 aromatic carbocycles. The van der Waals surface area contributed by atoms with Crippen LogP contribution in [0.3, 0.4) is 0 Å². The number of carboxylic acid groups (broad SMARTS) is 1. The fourth-order valence-electron chi connectivity index (χ4n) is 5.12. The predicted molar refractivity (Wildman–Crippen MR) is 130 cm³/mol. The lowest BCUT2D eigenvalue weighted by molar-refractivity contribution is -0.138. The average Bonchev–Trinajstić information content (AvgIpc) is 3.07. The smallest absolute Gasteiger partial charge is 0.304 e. The number of fused-ring (bicyclic) bond motifs is 2. The zero-order valence-corrected chi connectivity index (χ0v) is 19.6. The summed E-state index contributed by atoms with van der Waals surface area (Å²) in [4.78, 5) is 25.0. The van der Waals surface area contributed by atoms with Crippen molar-refractivity contribution in [3.63, 3.8) is 0 Å². The summed E-state index contributed by atoms with van der Waals surface area (Å²) in [6.07, 6.45) is 2.56. The molecular formula is C26H28FN5O2. The van der Waals surface area contributed by atoms with Crippen molar-refractivity contribution in [2.45, 2.75) is 38.6 Å². The number of carboxylic acids is 1. The van der Waals surface area contributed by atoms with E-state index in [1.165, 1.54) is 0 Å². The zero-order chi connectivity index (χ0) is 24.0. The lowest BCUT2D eigenvalue weighted by atomic mass is 9.81. The van der Waals surface area contributed by atoms with E-state index >= 15 is 0 Å². The minimum atomic E-state index is -0.838. The van der Waals surface area contributed by atoms with E-state index in [0.717, 1.165) is 47.5 Å². The second-order valence-corrected chi connectivity index (χ2v) is 9.65. The molecule has 0 aliphatic carbocycles.